The number of likely N-dealkylation sites (tertiary alicyclic amines) is 1. The summed E-state index contributed by atoms with van der Waals surface area (Å²) in [6, 6.07) is 14.4. The summed E-state index contributed by atoms with van der Waals surface area (Å²) >= 11 is 5.82. The molecule has 3 heterocycles. The molecule has 1 aromatic carbocycles. The van der Waals surface area contributed by atoms with Gasteiger partial charge in [0.15, 0.2) is 10.6 Å². The highest BCUT2D eigenvalue weighted by Crippen LogP contribution is 2.21. The molecule has 3 aromatic rings. The predicted molar refractivity (Wildman–Crippen MR) is 110 cm³/mol. The Kier molecular flexibility index (Phi) is 5.45. The van der Waals surface area contributed by atoms with Crippen molar-refractivity contribution < 1.29 is 0 Å². The van der Waals surface area contributed by atoms with Gasteiger partial charge in [-0.2, -0.15) is 5.10 Å². The molecule has 5 nitrogen and oxygen atoms in total. The fraction of sp³-hybridized carbons (Fsp3) is 0.381. The van der Waals surface area contributed by atoms with Crippen LogP contribution in [0.1, 0.15) is 25.3 Å². The lowest BCUT2D eigenvalue weighted by Gasteiger charge is -2.29. The van der Waals surface area contributed by atoms with Gasteiger partial charge in [-0.05, 0) is 48.7 Å². The molecule has 0 aliphatic carbocycles. The third kappa shape index (κ3) is 4.17. The number of hydrogen-bond donors (Lipinski definition) is 0. The van der Waals surface area contributed by atoms with E-state index in [1.54, 1.807) is 6.20 Å². The molecule has 4 rings (SSSR count). The maximum atomic E-state index is 5.82. The fourth-order valence-corrected chi connectivity index (χ4v) is 3.79. The summed E-state index contributed by atoms with van der Waals surface area (Å²) in [5, 5.41) is 4.88. The first kappa shape index (κ1) is 18.1. The first-order chi connectivity index (χ1) is 13.2. The number of hydrogen-bond acceptors (Lipinski definition) is 4. The first-order valence-electron chi connectivity index (χ1n) is 9.55. The van der Waals surface area contributed by atoms with Gasteiger partial charge in [-0.25, -0.2) is 4.68 Å². The van der Waals surface area contributed by atoms with Crippen molar-refractivity contribution in [1.82, 2.24) is 24.2 Å². The van der Waals surface area contributed by atoms with Gasteiger partial charge in [-0.1, -0.05) is 37.3 Å². The number of rotatable bonds is 5. The minimum absolute atomic E-state index is 0.709. The van der Waals surface area contributed by atoms with E-state index in [4.69, 9.17) is 17.3 Å². The molecule has 0 saturated carbocycles. The van der Waals surface area contributed by atoms with E-state index in [9.17, 15) is 0 Å². The van der Waals surface area contributed by atoms with E-state index in [1.807, 2.05) is 29.1 Å². The van der Waals surface area contributed by atoms with Crippen molar-refractivity contribution in [2.75, 3.05) is 13.1 Å². The van der Waals surface area contributed by atoms with Gasteiger partial charge in [-0.3, -0.25) is 14.5 Å². The lowest BCUT2D eigenvalue weighted by atomic mass is 10.00. The van der Waals surface area contributed by atoms with Crippen molar-refractivity contribution in [2.24, 2.45) is 5.92 Å². The molecule has 1 fully saturated rings. The second kappa shape index (κ2) is 8.15. The minimum atomic E-state index is 0.709. The van der Waals surface area contributed by atoms with Crippen LogP contribution in [0.15, 0.2) is 54.9 Å². The Morgan fingerprint density at radius 2 is 1.85 bits per heavy atom. The highest BCUT2D eigenvalue weighted by atomic mass is 32.1. The smallest absolute Gasteiger partial charge is 0.199 e. The van der Waals surface area contributed by atoms with Crippen LogP contribution in [0.25, 0.3) is 11.4 Å². The highest BCUT2D eigenvalue weighted by Gasteiger charge is 2.19. The van der Waals surface area contributed by atoms with Gasteiger partial charge in [-0.15, -0.1) is 0 Å². The van der Waals surface area contributed by atoms with Crippen LogP contribution < -0.4 is 0 Å². The Hall–Kier alpha value is -2.31. The van der Waals surface area contributed by atoms with Crippen LogP contribution in [0.2, 0.25) is 0 Å². The second-order valence-corrected chi connectivity index (χ2v) is 7.73. The zero-order valence-electron chi connectivity index (χ0n) is 15.7. The maximum absolute atomic E-state index is 5.82. The van der Waals surface area contributed by atoms with E-state index in [0.29, 0.717) is 6.54 Å². The van der Waals surface area contributed by atoms with Crippen molar-refractivity contribution in [3.8, 4) is 11.4 Å². The van der Waals surface area contributed by atoms with Crippen LogP contribution in [0, 0.1) is 10.7 Å². The SMILES string of the molecule is CC1CCN(Cn2nc(-c3cccnc3)n(Cc3ccccc3)c2=S)CC1. The first-order valence-corrected chi connectivity index (χ1v) is 9.96. The zero-order valence-corrected chi connectivity index (χ0v) is 16.5. The summed E-state index contributed by atoms with van der Waals surface area (Å²) in [5.41, 5.74) is 2.20. The van der Waals surface area contributed by atoms with Gasteiger partial charge in [0.1, 0.15) is 0 Å². The number of pyridine rings is 1. The van der Waals surface area contributed by atoms with Crippen molar-refractivity contribution in [3.05, 3.63) is 65.2 Å². The molecule has 0 amide bonds. The molecule has 1 aliphatic heterocycles. The third-order valence-electron chi connectivity index (χ3n) is 5.24. The minimum Gasteiger partial charge on any atom is -0.295 e. The van der Waals surface area contributed by atoms with E-state index in [2.05, 4.69) is 45.6 Å². The monoisotopic (exact) mass is 379 g/mol. The van der Waals surface area contributed by atoms with E-state index < -0.39 is 0 Å². The molecule has 0 spiro atoms. The Morgan fingerprint density at radius 1 is 1.07 bits per heavy atom. The summed E-state index contributed by atoms with van der Waals surface area (Å²) in [6.45, 7) is 6.01. The normalized spacial score (nSPS) is 15.9. The predicted octanol–water partition coefficient (Wildman–Crippen LogP) is 4.21. The van der Waals surface area contributed by atoms with Crippen LogP contribution in [0.3, 0.4) is 0 Å². The second-order valence-electron chi connectivity index (χ2n) is 7.36. The van der Waals surface area contributed by atoms with Gasteiger partial charge < -0.3 is 0 Å². The number of piperidine rings is 1. The molecule has 140 valence electrons. The van der Waals surface area contributed by atoms with Crippen molar-refractivity contribution in [1.29, 1.82) is 0 Å². The van der Waals surface area contributed by atoms with E-state index in [1.165, 1.54) is 18.4 Å². The van der Waals surface area contributed by atoms with Crippen LogP contribution in [-0.4, -0.2) is 37.3 Å². The molecular formula is C21H25N5S. The van der Waals surface area contributed by atoms with Crippen molar-refractivity contribution >= 4 is 12.2 Å². The highest BCUT2D eigenvalue weighted by molar-refractivity contribution is 7.71. The van der Waals surface area contributed by atoms with E-state index in [-0.39, 0.29) is 0 Å². The molecule has 6 heteroatoms. The molecule has 0 N–H and O–H groups in total. The number of benzene rings is 1. The van der Waals surface area contributed by atoms with Gasteiger partial charge in [0.05, 0.1) is 13.2 Å². The summed E-state index contributed by atoms with van der Waals surface area (Å²) < 4.78 is 4.85. The molecule has 0 atom stereocenters. The van der Waals surface area contributed by atoms with Crippen LogP contribution >= 0.6 is 12.2 Å². The lowest BCUT2D eigenvalue weighted by molar-refractivity contribution is 0.146. The van der Waals surface area contributed by atoms with Gasteiger partial charge >= 0.3 is 0 Å². The van der Waals surface area contributed by atoms with Crippen LogP contribution in [-0.2, 0) is 13.2 Å². The Labute approximate surface area is 165 Å². The maximum Gasteiger partial charge on any atom is 0.199 e. The molecule has 2 aromatic heterocycles. The molecular weight excluding hydrogens is 354 g/mol. The van der Waals surface area contributed by atoms with E-state index >= 15 is 0 Å². The number of nitrogens with zero attached hydrogens (tertiary/aromatic N) is 5. The molecule has 0 radical (unpaired) electrons. The van der Waals surface area contributed by atoms with Crippen molar-refractivity contribution in [2.45, 2.75) is 33.0 Å². The lowest BCUT2D eigenvalue weighted by Crippen LogP contribution is -2.34. The quantitative estimate of drug-likeness (QED) is 0.623. The molecule has 0 bridgehead atoms. The molecule has 1 aliphatic rings. The molecule has 1 saturated heterocycles. The fourth-order valence-electron chi connectivity index (χ4n) is 3.54. The van der Waals surface area contributed by atoms with Gasteiger partial charge in [0.2, 0.25) is 0 Å². The van der Waals surface area contributed by atoms with Gasteiger partial charge in [0, 0.05) is 31.0 Å². The summed E-state index contributed by atoms with van der Waals surface area (Å²) in [7, 11) is 0. The average molecular weight is 380 g/mol. The Balaban J connectivity index is 1.67. The van der Waals surface area contributed by atoms with Crippen LogP contribution in [0.4, 0.5) is 0 Å². The standard InChI is InChI=1S/C21H25N5S/c1-17-9-12-24(13-10-17)16-26-21(27)25(15-18-6-3-2-4-7-18)20(23-26)19-8-5-11-22-14-19/h2-8,11,14,17H,9-10,12-13,15-16H2,1H3. The zero-order chi connectivity index (χ0) is 18.6. The van der Waals surface area contributed by atoms with E-state index in [0.717, 1.165) is 41.8 Å². The largest absolute Gasteiger partial charge is 0.295 e. The van der Waals surface area contributed by atoms with Crippen LogP contribution in [0.5, 0.6) is 0 Å². The summed E-state index contributed by atoms with van der Waals surface area (Å²) in [6.07, 6.45) is 6.12. The summed E-state index contributed by atoms with van der Waals surface area (Å²) in [4.78, 5) is 6.71. The number of aromatic nitrogens is 4. The third-order valence-corrected chi connectivity index (χ3v) is 5.67. The molecule has 0 unspecified atom stereocenters. The Bertz CT molecular complexity index is 924. The topological polar surface area (TPSA) is 38.9 Å². The summed E-state index contributed by atoms with van der Waals surface area (Å²) in [5.74, 6) is 1.69. The Morgan fingerprint density at radius 3 is 2.56 bits per heavy atom. The molecule has 27 heavy (non-hydrogen) atoms. The average Bonchev–Trinajstić information content (AvgIpc) is 3.01. The van der Waals surface area contributed by atoms with Gasteiger partial charge in [0.25, 0.3) is 0 Å². The van der Waals surface area contributed by atoms with Crippen molar-refractivity contribution in [3.63, 3.8) is 0 Å².